The van der Waals surface area contributed by atoms with Crippen molar-refractivity contribution in [2.75, 3.05) is 6.73 Å². The third-order valence-electron chi connectivity index (χ3n) is 3.65. The smallest absolute Gasteiger partial charge is 0.330 e. The molecule has 5 nitrogen and oxygen atoms in total. The molecule has 20 heavy (non-hydrogen) atoms. The minimum Gasteiger partial charge on any atom is -0.479 e. The molecule has 0 amide bonds. The van der Waals surface area contributed by atoms with Crippen LogP contribution in [0, 0.1) is 0 Å². The molecule has 1 aliphatic carbocycles. The second-order valence-corrected chi connectivity index (χ2v) is 4.77. The minimum atomic E-state index is -1.06. The molecule has 5 heteroatoms. The van der Waals surface area contributed by atoms with Gasteiger partial charge in [0.25, 0.3) is 0 Å². The molecule has 1 aliphatic heterocycles. The molecule has 0 saturated heterocycles. The van der Waals surface area contributed by atoms with Gasteiger partial charge in [0.2, 0.25) is 0 Å². The molecule has 1 aromatic rings. The number of carbonyl (C=O) groups excluding carboxylic acids is 1. The number of carboxylic acid groups (broad SMARTS) is 1. The van der Waals surface area contributed by atoms with Gasteiger partial charge in [0, 0.05) is 17.6 Å². The molecule has 1 atom stereocenters. The zero-order valence-electron chi connectivity index (χ0n) is 10.6. The van der Waals surface area contributed by atoms with E-state index in [0.29, 0.717) is 17.7 Å². The third-order valence-corrected chi connectivity index (χ3v) is 3.65. The lowest BCUT2D eigenvalue weighted by Crippen LogP contribution is -2.43. The molecule has 0 aromatic heterocycles. The predicted molar refractivity (Wildman–Crippen MR) is 71.6 cm³/mol. The first kappa shape index (κ1) is 12.6. The number of carbonyl (C=O) groups is 2. The van der Waals surface area contributed by atoms with Crippen LogP contribution in [0.25, 0.3) is 5.70 Å². The van der Waals surface area contributed by atoms with Crippen molar-refractivity contribution in [3.8, 4) is 0 Å². The SMILES string of the molecule is O=C1Cc2ccccc2C2=C1C=CC(C(=O)O)N2CO. The van der Waals surface area contributed by atoms with Crippen molar-refractivity contribution >= 4 is 17.4 Å². The van der Waals surface area contributed by atoms with Gasteiger partial charge in [0.15, 0.2) is 5.78 Å². The summed E-state index contributed by atoms with van der Waals surface area (Å²) in [6.45, 7) is -0.457. The number of aliphatic hydroxyl groups is 1. The van der Waals surface area contributed by atoms with Gasteiger partial charge < -0.3 is 15.1 Å². The standard InChI is InChI=1S/C15H13NO4/c17-8-16-12(15(19)20)6-5-11-13(18)7-9-3-1-2-4-10(9)14(11)16/h1-6,12,17H,7-8H2,(H,19,20). The molecule has 0 bridgehead atoms. The number of benzene rings is 1. The van der Waals surface area contributed by atoms with Crippen molar-refractivity contribution in [3.63, 3.8) is 0 Å². The Morgan fingerprint density at radius 2 is 2.10 bits per heavy atom. The predicted octanol–water partition coefficient (Wildman–Crippen LogP) is 0.798. The van der Waals surface area contributed by atoms with Crippen LogP contribution in [-0.4, -0.2) is 39.6 Å². The van der Waals surface area contributed by atoms with Gasteiger partial charge in [-0.1, -0.05) is 36.4 Å². The van der Waals surface area contributed by atoms with E-state index in [4.69, 9.17) is 0 Å². The number of ketones is 1. The fourth-order valence-corrected chi connectivity index (χ4v) is 2.74. The molecule has 3 rings (SSSR count). The summed E-state index contributed by atoms with van der Waals surface area (Å²) in [5.74, 6) is -1.12. The average Bonchev–Trinajstić information content (AvgIpc) is 2.46. The molecule has 1 aromatic carbocycles. The molecule has 0 radical (unpaired) electrons. The number of rotatable bonds is 2. The van der Waals surface area contributed by atoms with Gasteiger partial charge in [0.05, 0.1) is 5.70 Å². The lowest BCUT2D eigenvalue weighted by atomic mass is 9.85. The summed E-state index contributed by atoms with van der Waals surface area (Å²) in [7, 11) is 0. The Labute approximate surface area is 115 Å². The summed E-state index contributed by atoms with van der Waals surface area (Å²) in [4.78, 5) is 24.8. The van der Waals surface area contributed by atoms with Crippen molar-refractivity contribution in [2.45, 2.75) is 12.5 Å². The van der Waals surface area contributed by atoms with Crippen LogP contribution in [-0.2, 0) is 16.0 Å². The highest BCUT2D eigenvalue weighted by molar-refractivity contribution is 6.10. The quantitative estimate of drug-likeness (QED) is 0.832. The van der Waals surface area contributed by atoms with Gasteiger partial charge >= 0.3 is 5.97 Å². The maximum absolute atomic E-state index is 12.2. The van der Waals surface area contributed by atoms with E-state index in [9.17, 15) is 19.8 Å². The van der Waals surface area contributed by atoms with Gasteiger partial charge in [-0.3, -0.25) is 4.79 Å². The number of allylic oxidation sites excluding steroid dienone is 2. The van der Waals surface area contributed by atoms with E-state index in [2.05, 4.69) is 0 Å². The Hall–Kier alpha value is -2.40. The van der Waals surface area contributed by atoms with E-state index < -0.39 is 18.7 Å². The van der Waals surface area contributed by atoms with Crippen LogP contribution < -0.4 is 0 Å². The van der Waals surface area contributed by atoms with E-state index in [-0.39, 0.29) is 5.78 Å². The molecular weight excluding hydrogens is 258 g/mol. The Kier molecular flexibility index (Phi) is 2.91. The van der Waals surface area contributed by atoms with Crippen LogP contribution in [0.5, 0.6) is 0 Å². The van der Waals surface area contributed by atoms with Crippen LogP contribution in [0.1, 0.15) is 11.1 Å². The maximum Gasteiger partial charge on any atom is 0.330 e. The number of nitrogens with zero attached hydrogens (tertiary/aromatic N) is 1. The molecule has 0 fully saturated rings. The monoisotopic (exact) mass is 271 g/mol. The van der Waals surface area contributed by atoms with Crippen molar-refractivity contribution < 1.29 is 19.8 Å². The van der Waals surface area contributed by atoms with Gasteiger partial charge in [-0.2, -0.15) is 0 Å². The van der Waals surface area contributed by atoms with Crippen molar-refractivity contribution in [2.24, 2.45) is 0 Å². The zero-order chi connectivity index (χ0) is 14.3. The van der Waals surface area contributed by atoms with E-state index >= 15 is 0 Å². The summed E-state index contributed by atoms with van der Waals surface area (Å²) in [6.07, 6.45) is 3.29. The molecule has 1 heterocycles. The Morgan fingerprint density at radius 1 is 1.35 bits per heavy atom. The topological polar surface area (TPSA) is 77.8 Å². The van der Waals surface area contributed by atoms with Gasteiger partial charge in [0.1, 0.15) is 12.8 Å². The number of hydrogen-bond donors (Lipinski definition) is 2. The lowest BCUT2D eigenvalue weighted by Gasteiger charge is -2.36. The highest BCUT2D eigenvalue weighted by Gasteiger charge is 2.35. The molecule has 2 N–H and O–H groups in total. The number of fused-ring (bicyclic) bond motifs is 2. The highest BCUT2D eigenvalue weighted by atomic mass is 16.4. The summed E-state index contributed by atoms with van der Waals surface area (Å²) in [5, 5.41) is 18.8. The largest absolute Gasteiger partial charge is 0.479 e. The summed E-state index contributed by atoms with van der Waals surface area (Å²) in [6, 6.07) is 6.41. The Bertz CT molecular complexity index is 660. The molecule has 2 aliphatic rings. The summed E-state index contributed by atoms with van der Waals surface area (Å²) >= 11 is 0. The number of hydrogen-bond acceptors (Lipinski definition) is 4. The number of Topliss-reactive ketones (excluding diaryl/α,β-unsaturated/α-hetero) is 1. The molecule has 0 saturated carbocycles. The van der Waals surface area contributed by atoms with Crippen LogP contribution in [0.3, 0.4) is 0 Å². The van der Waals surface area contributed by atoms with E-state index in [1.54, 1.807) is 6.08 Å². The molecule has 1 unspecified atom stereocenters. The van der Waals surface area contributed by atoms with Crippen LogP contribution >= 0.6 is 0 Å². The second kappa shape index (κ2) is 4.61. The van der Waals surface area contributed by atoms with Crippen molar-refractivity contribution in [1.82, 2.24) is 4.90 Å². The number of aliphatic hydroxyl groups excluding tert-OH is 1. The minimum absolute atomic E-state index is 0.0581. The Morgan fingerprint density at radius 3 is 2.80 bits per heavy atom. The van der Waals surface area contributed by atoms with Gasteiger partial charge in [-0.15, -0.1) is 0 Å². The van der Waals surface area contributed by atoms with E-state index in [0.717, 1.165) is 11.1 Å². The normalized spacial score (nSPS) is 20.8. The Balaban J connectivity index is 2.20. The van der Waals surface area contributed by atoms with Crippen molar-refractivity contribution in [3.05, 3.63) is 53.1 Å². The van der Waals surface area contributed by atoms with Crippen LogP contribution in [0.2, 0.25) is 0 Å². The zero-order valence-corrected chi connectivity index (χ0v) is 10.6. The van der Waals surface area contributed by atoms with Crippen LogP contribution in [0.4, 0.5) is 0 Å². The van der Waals surface area contributed by atoms with Crippen LogP contribution in [0.15, 0.2) is 42.0 Å². The van der Waals surface area contributed by atoms with E-state index in [1.807, 2.05) is 24.3 Å². The highest BCUT2D eigenvalue weighted by Crippen LogP contribution is 2.36. The number of carboxylic acids is 1. The lowest BCUT2D eigenvalue weighted by molar-refractivity contribution is -0.141. The summed E-state index contributed by atoms with van der Waals surface area (Å²) < 4.78 is 0. The second-order valence-electron chi connectivity index (χ2n) is 4.77. The van der Waals surface area contributed by atoms with Crippen molar-refractivity contribution in [1.29, 1.82) is 0 Å². The fourth-order valence-electron chi connectivity index (χ4n) is 2.74. The maximum atomic E-state index is 12.2. The first-order valence-corrected chi connectivity index (χ1v) is 6.27. The van der Waals surface area contributed by atoms with Gasteiger partial charge in [-0.05, 0) is 5.56 Å². The molecular formula is C15H13NO4. The summed E-state index contributed by atoms with van der Waals surface area (Å²) in [5.41, 5.74) is 2.64. The number of aliphatic carboxylic acids is 1. The van der Waals surface area contributed by atoms with E-state index in [1.165, 1.54) is 11.0 Å². The first-order chi connectivity index (χ1) is 9.63. The first-order valence-electron chi connectivity index (χ1n) is 6.27. The molecule has 0 spiro atoms. The molecule has 102 valence electrons. The third kappa shape index (κ3) is 1.75. The fraction of sp³-hybridized carbons (Fsp3) is 0.200. The average molecular weight is 271 g/mol. The van der Waals surface area contributed by atoms with Gasteiger partial charge in [-0.25, -0.2) is 4.79 Å².